The number of nitrogens with zero attached hydrogens (tertiary/aromatic N) is 1. The van der Waals surface area contributed by atoms with E-state index >= 15 is 0 Å². The van der Waals surface area contributed by atoms with Gasteiger partial charge in [-0.1, -0.05) is 24.3 Å². The smallest absolute Gasteiger partial charge is 0.237 e. The summed E-state index contributed by atoms with van der Waals surface area (Å²) < 4.78 is 42.4. The van der Waals surface area contributed by atoms with Crippen molar-refractivity contribution >= 4 is 15.7 Å². The van der Waals surface area contributed by atoms with Crippen LogP contribution in [0, 0.1) is 5.82 Å². The number of likely N-dealkylation sites (N-methyl/N-ethyl adjacent to an activating group) is 1. The van der Waals surface area contributed by atoms with Crippen molar-refractivity contribution in [1.82, 2.24) is 10.2 Å². The Labute approximate surface area is 171 Å². The Morgan fingerprint density at radius 1 is 1.21 bits per heavy atom. The number of benzene rings is 2. The number of hydrogen-bond donors (Lipinski definition) is 1. The van der Waals surface area contributed by atoms with Crippen LogP contribution >= 0.6 is 0 Å². The van der Waals surface area contributed by atoms with E-state index in [0.717, 1.165) is 6.26 Å². The topological polar surface area (TPSA) is 75.7 Å². The van der Waals surface area contributed by atoms with E-state index in [9.17, 15) is 17.6 Å². The van der Waals surface area contributed by atoms with Crippen LogP contribution in [0.3, 0.4) is 0 Å². The van der Waals surface area contributed by atoms with Gasteiger partial charge in [0.15, 0.2) is 9.84 Å². The van der Waals surface area contributed by atoms with E-state index in [2.05, 4.69) is 5.32 Å². The van der Waals surface area contributed by atoms with Gasteiger partial charge < -0.3 is 10.1 Å². The molecule has 0 aliphatic rings. The third-order valence-corrected chi connectivity index (χ3v) is 5.72. The highest BCUT2D eigenvalue weighted by Gasteiger charge is 2.17. The number of carbonyl (C=O) groups excluding carboxylic acids is 1. The molecule has 158 valence electrons. The zero-order valence-corrected chi connectivity index (χ0v) is 17.7. The monoisotopic (exact) mass is 422 g/mol. The van der Waals surface area contributed by atoms with Gasteiger partial charge >= 0.3 is 0 Å². The highest BCUT2D eigenvalue weighted by molar-refractivity contribution is 7.90. The van der Waals surface area contributed by atoms with E-state index in [-0.39, 0.29) is 29.2 Å². The lowest BCUT2D eigenvalue weighted by atomic mass is 10.2. The van der Waals surface area contributed by atoms with Crippen molar-refractivity contribution in [3.05, 3.63) is 59.9 Å². The number of nitrogens with one attached hydrogen (secondary N) is 1. The van der Waals surface area contributed by atoms with Crippen LogP contribution in [0.25, 0.3) is 0 Å². The van der Waals surface area contributed by atoms with Gasteiger partial charge in [-0.3, -0.25) is 9.69 Å². The quantitative estimate of drug-likeness (QED) is 0.596. The average Bonchev–Trinajstić information content (AvgIpc) is 2.69. The Morgan fingerprint density at radius 3 is 2.62 bits per heavy atom. The molecular formula is C21H27FN2O4S. The van der Waals surface area contributed by atoms with E-state index in [1.807, 2.05) is 11.9 Å². The Hall–Kier alpha value is -2.45. The fourth-order valence-electron chi connectivity index (χ4n) is 2.66. The maximum atomic E-state index is 13.6. The number of ether oxygens (including phenoxy) is 1. The van der Waals surface area contributed by atoms with Gasteiger partial charge in [-0.25, -0.2) is 12.8 Å². The number of hydrogen-bond acceptors (Lipinski definition) is 5. The summed E-state index contributed by atoms with van der Waals surface area (Å²) in [6.45, 7) is 2.93. The number of rotatable bonds is 10. The summed E-state index contributed by atoms with van der Waals surface area (Å²) in [6, 6.07) is 12.3. The van der Waals surface area contributed by atoms with Gasteiger partial charge in [-0.2, -0.15) is 0 Å². The summed E-state index contributed by atoms with van der Waals surface area (Å²) in [5.41, 5.74) is 0.445. The molecule has 2 aromatic carbocycles. The first kappa shape index (κ1) is 22.8. The largest absolute Gasteiger partial charge is 0.494 e. The Morgan fingerprint density at radius 2 is 1.93 bits per heavy atom. The van der Waals surface area contributed by atoms with Gasteiger partial charge in [0, 0.05) is 24.9 Å². The van der Waals surface area contributed by atoms with Crippen molar-refractivity contribution in [1.29, 1.82) is 0 Å². The van der Waals surface area contributed by atoms with Crippen molar-refractivity contribution in [3.8, 4) is 5.75 Å². The predicted molar refractivity (Wildman–Crippen MR) is 110 cm³/mol. The van der Waals surface area contributed by atoms with Gasteiger partial charge in [0.05, 0.1) is 17.5 Å². The third kappa shape index (κ3) is 7.14. The summed E-state index contributed by atoms with van der Waals surface area (Å²) in [5.74, 6) is -0.0327. The number of halogens is 1. The molecule has 1 atom stereocenters. The zero-order valence-electron chi connectivity index (χ0n) is 16.9. The molecule has 0 saturated carbocycles. The van der Waals surface area contributed by atoms with Crippen LogP contribution < -0.4 is 10.1 Å². The first-order valence-corrected chi connectivity index (χ1v) is 11.2. The lowest BCUT2D eigenvalue weighted by Gasteiger charge is -2.24. The van der Waals surface area contributed by atoms with Gasteiger partial charge in [0.25, 0.3) is 0 Å². The van der Waals surface area contributed by atoms with Crippen molar-refractivity contribution in [3.63, 3.8) is 0 Å². The first-order valence-electron chi connectivity index (χ1n) is 9.33. The molecule has 1 N–H and O–H groups in total. The second kappa shape index (κ2) is 10.4. The summed E-state index contributed by atoms with van der Waals surface area (Å²) >= 11 is 0. The lowest BCUT2D eigenvalue weighted by Crippen LogP contribution is -2.43. The van der Waals surface area contributed by atoms with Crippen molar-refractivity contribution in [2.45, 2.75) is 30.8 Å². The second-order valence-electron chi connectivity index (χ2n) is 6.91. The highest BCUT2D eigenvalue weighted by atomic mass is 32.2. The van der Waals surface area contributed by atoms with Crippen molar-refractivity contribution in [2.75, 3.05) is 26.5 Å². The van der Waals surface area contributed by atoms with Crippen LogP contribution in [0.5, 0.6) is 5.75 Å². The number of amides is 1. The summed E-state index contributed by atoms with van der Waals surface area (Å²) in [5, 5.41) is 2.75. The van der Waals surface area contributed by atoms with Gasteiger partial charge in [0.1, 0.15) is 11.6 Å². The van der Waals surface area contributed by atoms with Gasteiger partial charge in [-0.05, 0) is 44.7 Å². The molecule has 8 heteroatoms. The lowest BCUT2D eigenvalue weighted by molar-refractivity contribution is -0.125. The molecule has 0 radical (unpaired) electrons. The maximum absolute atomic E-state index is 13.6. The number of carbonyl (C=O) groups is 1. The van der Waals surface area contributed by atoms with E-state index in [1.54, 1.807) is 37.3 Å². The van der Waals surface area contributed by atoms with E-state index < -0.39 is 9.84 Å². The van der Waals surface area contributed by atoms with Crippen molar-refractivity contribution < 1.29 is 22.3 Å². The van der Waals surface area contributed by atoms with Crippen LogP contribution in [0.4, 0.5) is 4.39 Å². The highest BCUT2D eigenvalue weighted by Crippen LogP contribution is 2.17. The fraction of sp³-hybridized carbons (Fsp3) is 0.381. The number of sulfone groups is 1. The molecule has 6 nitrogen and oxygen atoms in total. The van der Waals surface area contributed by atoms with E-state index in [1.165, 1.54) is 18.2 Å². The molecule has 0 aromatic heterocycles. The Bertz CT molecular complexity index is 934. The van der Waals surface area contributed by atoms with Crippen LogP contribution in [-0.2, 0) is 21.2 Å². The SMILES string of the molecule is CC(C(=O)NCc1ccccc1F)N(C)CCCOc1cccc(S(C)(=O)=O)c1. The Kier molecular flexibility index (Phi) is 8.16. The minimum atomic E-state index is -3.27. The van der Waals surface area contributed by atoms with E-state index in [0.29, 0.717) is 30.9 Å². The van der Waals surface area contributed by atoms with Crippen LogP contribution in [0.1, 0.15) is 18.9 Å². The molecule has 0 aliphatic heterocycles. The minimum absolute atomic E-state index is 0.142. The van der Waals surface area contributed by atoms with Crippen LogP contribution in [0.2, 0.25) is 0 Å². The molecular weight excluding hydrogens is 395 g/mol. The zero-order chi connectivity index (χ0) is 21.4. The first-order chi connectivity index (χ1) is 13.7. The molecule has 29 heavy (non-hydrogen) atoms. The maximum Gasteiger partial charge on any atom is 0.237 e. The molecule has 0 spiro atoms. The van der Waals surface area contributed by atoms with E-state index in [4.69, 9.17) is 4.74 Å². The standard InChI is InChI=1S/C21H27FN2O4S/c1-16(21(25)23-15-17-8-4-5-11-20(17)22)24(2)12-7-13-28-18-9-6-10-19(14-18)29(3,26)27/h4-6,8-11,14,16H,7,12-13,15H2,1-3H3,(H,23,25). The fourth-order valence-corrected chi connectivity index (χ4v) is 3.32. The average molecular weight is 423 g/mol. The van der Waals surface area contributed by atoms with Gasteiger partial charge in [0.2, 0.25) is 5.91 Å². The second-order valence-corrected chi connectivity index (χ2v) is 8.93. The molecule has 2 rings (SSSR count). The molecule has 1 unspecified atom stereocenters. The van der Waals surface area contributed by atoms with Crippen LogP contribution in [-0.4, -0.2) is 51.7 Å². The summed E-state index contributed by atoms with van der Waals surface area (Å²) in [6.07, 6.45) is 1.81. The third-order valence-electron chi connectivity index (χ3n) is 4.61. The Balaban J connectivity index is 1.75. The van der Waals surface area contributed by atoms with Gasteiger partial charge in [-0.15, -0.1) is 0 Å². The summed E-state index contributed by atoms with van der Waals surface area (Å²) in [4.78, 5) is 14.4. The molecule has 0 heterocycles. The summed E-state index contributed by atoms with van der Waals surface area (Å²) in [7, 11) is -1.44. The minimum Gasteiger partial charge on any atom is -0.494 e. The normalized spacial score (nSPS) is 12.6. The van der Waals surface area contributed by atoms with Crippen LogP contribution in [0.15, 0.2) is 53.4 Å². The van der Waals surface area contributed by atoms with Crippen molar-refractivity contribution in [2.24, 2.45) is 0 Å². The molecule has 1 amide bonds. The molecule has 2 aromatic rings. The molecule has 0 saturated heterocycles. The molecule has 0 aliphatic carbocycles. The molecule has 0 bridgehead atoms. The predicted octanol–water partition coefficient (Wildman–Crippen LogP) is 2.63. The molecule has 0 fully saturated rings.